The van der Waals surface area contributed by atoms with Gasteiger partial charge in [-0.05, 0) is 111 Å². The van der Waals surface area contributed by atoms with Gasteiger partial charge in [-0.1, -0.05) is 158 Å². The van der Waals surface area contributed by atoms with E-state index < -0.39 is 10.8 Å². The van der Waals surface area contributed by atoms with Gasteiger partial charge >= 0.3 is 0 Å². The Morgan fingerprint density at radius 1 is 0.288 bits per heavy atom. The summed E-state index contributed by atoms with van der Waals surface area (Å²) in [6.07, 6.45) is 0. The minimum Gasteiger partial charge on any atom is -0.457 e. The molecule has 11 aromatic rings. The van der Waals surface area contributed by atoms with Crippen molar-refractivity contribution in [2.24, 2.45) is 0 Å². The Morgan fingerprint density at radius 3 is 1.15 bits per heavy atom. The summed E-state index contributed by atoms with van der Waals surface area (Å²) in [7, 11) is 0. The van der Waals surface area contributed by atoms with Gasteiger partial charge in [-0.3, -0.25) is 0 Å². The van der Waals surface area contributed by atoms with Crippen LogP contribution in [0, 0.1) is 0 Å². The molecule has 3 nitrogen and oxygen atoms in total. The monoisotopic (exact) mass is 859 g/mol. The molecule has 0 unspecified atom stereocenters. The number of hydrogen-bond acceptors (Lipinski definition) is 4. The quantitative estimate of drug-likeness (QED) is 0.177. The molecular weight excluding hydrogens is 823 g/mol. The molecule has 0 saturated heterocycles. The van der Waals surface area contributed by atoms with Crippen LogP contribution < -0.4 is 14.4 Å². The maximum absolute atomic E-state index is 6.73. The molecule has 308 valence electrons. The van der Waals surface area contributed by atoms with E-state index in [1.54, 1.807) is 0 Å². The van der Waals surface area contributed by atoms with Gasteiger partial charge in [0.1, 0.15) is 23.0 Å². The van der Waals surface area contributed by atoms with Gasteiger partial charge in [0.15, 0.2) is 0 Å². The molecule has 0 atom stereocenters. The minimum absolute atomic E-state index is 0.604. The highest BCUT2D eigenvalue weighted by molar-refractivity contribution is 7.25. The molecule has 2 aliphatic carbocycles. The Morgan fingerprint density at radius 2 is 0.652 bits per heavy atom. The van der Waals surface area contributed by atoms with Crippen LogP contribution in [0.2, 0.25) is 0 Å². The molecule has 3 heterocycles. The summed E-state index contributed by atoms with van der Waals surface area (Å²) in [6.45, 7) is 0. The first-order valence-electron chi connectivity index (χ1n) is 22.7. The van der Waals surface area contributed by atoms with Crippen molar-refractivity contribution in [1.29, 1.82) is 0 Å². The van der Waals surface area contributed by atoms with E-state index in [0.717, 1.165) is 62.3 Å². The van der Waals surface area contributed by atoms with Gasteiger partial charge in [0.2, 0.25) is 0 Å². The number of anilines is 3. The average Bonchev–Trinajstić information content (AvgIpc) is 3.99. The number of nitrogens with zero attached hydrogens (tertiary/aromatic N) is 1. The number of rotatable bonds is 3. The molecule has 0 N–H and O–H groups in total. The number of benzene rings is 10. The fourth-order valence-corrected chi connectivity index (χ4v) is 13.4. The van der Waals surface area contributed by atoms with Crippen molar-refractivity contribution < 1.29 is 9.47 Å². The van der Waals surface area contributed by atoms with Crippen LogP contribution >= 0.6 is 11.3 Å². The second kappa shape index (κ2) is 13.2. The molecule has 4 aliphatic rings. The van der Waals surface area contributed by atoms with E-state index in [-0.39, 0.29) is 0 Å². The zero-order valence-electron chi connectivity index (χ0n) is 35.5. The summed E-state index contributed by atoms with van der Waals surface area (Å²) in [5.41, 5.74) is 16.7. The number of hydrogen-bond donors (Lipinski definition) is 0. The van der Waals surface area contributed by atoms with E-state index in [1.165, 1.54) is 64.7 Å². The maximum Gasteiger partial charge on any atom is 0.132 e. The number of para-hydroxylation sites is 4. The normalized spacial score (nSPS) is 14.5. The molecule has 2 spiro atoms. The Bertz CT molecular complexity index is 3590. The Hall–Kier alpha value is -8.18. The topological polar surface area (TPSA) is 21.7 Å². The SMILES string of the molecule is c1ccc2c(c1)Oc1ccccc1C21c2ccccc2-c2ccc(N(c3ccc4c(c3)C3(c5ccccc5Oc5ccccc53)c3ccccc3-4)c3ccc4c(c3)sc3ccccc34)cc21. The molecule has 66 heavy (non-hydrogen) atoms. The first-order chi connectivity index (χ1) is 32.7. The van der Waals surface area contributed by atoms with Crippen molar-refractivity contribution in [3.05, 3.63) is 269 Å². The summed E-state index contributed by atoms with van der Waals surface area (Å²) in [4.78, 5) is 2.49. The lowest BCUT2D eigenvalue weighted by Gasteiger charge is -2.40. The van der Waals surface area contributed by atoms with Crippen LogP contribution in [-0.4, -0.2) is 0 Å². The summed E-state index contributed by atoms with van der Waals surface area (Å²) in [5.74, 6) is 3.54. The van der Waals surface area contributed by atoms with Crippen molar-refractivity contribution in [2.45, 2.75) is 10.8 Å². The third-order valence-electron chi connectivity index (χ3n) is 14.8. The Kier molecular flexibility index (Phi) is 7.24. The number of fused-ring (bicyclic) bond motifs is 21. The van der Waals surface area contributed by atoms with E-state index in [4.69, 9.17) is 9.47 Å². The summed E-state index contributed by atoms with van der Waals surface area (Å²) in [6, 6.07) is 82.5. The molecular formula is C62H37NO2S. The van der Waals surface area contributed by atoms with Crippen LogP contribution in [0.5, 0.6) is 23.0 Å². The predicted molar refractivity (Wildman–Crippen MR) is 269 cm³/mol. The van der Waals surface area contributed by atoms with E-state index in [2.05, 4.69) is 229 Å². The van der Waals surface area contributed by atoms with Crippen LogP contribution in [-0.2, 0) is 10.8 Å². The van der Waals surface area contributed by atoms with Gasteiger partial charge in [-0.2, -0.15) is 0 Å². The molecule has 15 rings (SSSR count). The Labute approximate surface area is 386 Å². The molecule has 4 heteroatoms. The van der Waals surface area contributed by atoms with Crippen molar-refractivity contribution in [3.8, 4) is 45.3 Å². The number of ether oxygens (including phenoxy) is 2. The number of thiophene rings is 1. The second-order valence-corrected chi connectivity index (χ2v) is 18.9. The molecule has 0 amide bonds. The lowest BCUT2D eigenvalue weighted by Crippen LogP contribution is -2.32. The van der Waals surface area contributed by atoms with Crippen LogP contribution in [0.3, 0.4) is 0 Å². The molecule has 2 aliphatic heterocycles. The maximum atomic E-state index is 6.73. The predicted octanol–water partition coefficient (Wildman–Crippen LogP) is 16.5. The van der Waals surface area contributed by atoms with E-state index >= 15 is 0 Å². The lowest BCUT2D eigenvalue weighted by atomic mass is 9.66. The first kappa shape index (κ1) is 36.2. The van der Waals surface area contributed by atoms with E-state index in [1.807, 2.05) is 11.3 Å². The minimum atomic E-state index is -0.604. The Balaban J connectivity index is 1.02. The second-order valence-electron chi connectivity index (χ2n) is 17.9. The molecule has 0 radical (unpaired) electrons. The van der Waals surface area contributed by atoms with Gasteiger partial charge in [-0.15, -0.1) is 11.3 Å². The van der Waals surface area contributed by atoms with E-state index in [0.29, 0.717) is 0 Å². The third-order valence-corrected chi connectivity index (χ3v) is 15.9. The first-order valence-corrected chi connectivity index (χ1v) is 23.5. The smallest absolute Gasteiger partial charge is 0.132 e. The highest BCUT2D eigenvalue weighted by Crippen LogP contribution is 2.65. The summed E-state index contributed by atoms with van der Waals surface area (Å²) < 4.78 is 16.0. The van der Waals surface area contributed by atoms with Crippen LogP contribution in [0.25, 0.3) is 42.4 Å². The zero-order chi connectivity index (χ0) is 43.1. The average molecular weight is 860 g/mol. The zero-order valence-corrected chi connectivity index (χ0v) is 36.4. The summed E-state index contributed by atoms with van der Waals surface area (Å²) >= 11 is 1.86. The van der Waals surface area contributed by atoms with Crippen molar-refractivity contribution in [1.82, 2.24) is 0 Å². The highest BCUT2D eigenvalue weighted by Gasteiger charge is 2.53. The highest BCUT2D eigenvalue weighted by atomic mass is 32.1. The standard InChI is InChI=1S/C62H37NO2S/c1-4-18-47-41(15-1)43-32-29-38(35-53(43)61(47)49-20-6-10-24-55(49)64-56-25-11-7-21-50(56)61)63(40-31-34-46-45-17-3-14-28-59(45)66-60(46)37-40)39-30-33-44-42-16-2-5-19-48(42)62(54(44)36-39)51-22-8-12-26-57(51)65-58-27-13-9-23-52(58)62/h1-37H. The summed E-state index contributed by atoms with van der Waals surface area (Å²) in [5, 5.41) is 2.57. The largest absolute Gasteiger partial charge is 0.457 e. The molecule has 0 bridgehead atoms. The molecule has 0 saturated carbocycles. The van der Waals surface area contributed by atoms with Gasteiger partial charge in [0.05, 0.1) is 10.8 Å². The van der Waals surface area contributed by atoms with Crippen molar-refractivity contribution in [3.63, 3.8) is 0 Å². The van der Waals surface area contributed by atoms with Gasteiger partial charge < -0.3 is 14.4 Å². The van der Waals surface area contributed by atoms with Crippen molar-refractivity contribution >= 4 is 48.6 Å². The van der Waals surface area contributed by atoms with Gasteiger partial charge in [-0.25, -0.2) is 0 Å². The van der Waals surface area contributed by atoms with Crippen LogP contribution in [0.1, 0.15) is 44.5 Å². The van der Waals surface area contributed by atoms with Crippen LogP contribution in [0.4, 0.5) is 17.1 Å². The molecule has 0 fully saturated rings. The van der Waals surface area contributed by atoms with Gasteiger partial charge in [0, 0.05) is 59.5 Å². The van der Waals surface area contributed by atoms with Gasteiger partial charge in [0.25, 0.3) is 0 Å². The lowest BCUT2D eigenvalue weighted by molar-refractivity contribution is 0.436. The fraction of sp³-hybridized carbons (Fsp3) is 0.0323. The van der Waals surface area contributed by atoms with Crippen LogP contribution in [0.15, 0.2) is 224 Å². The van der Waals surface area contributed by atoms with E-state index in [9.17, 15) is 0 Å². The van der Waals surface area contributed by atoms with Crippen molar-refractivity contribution in [2.75, 3.05) is 4.90 Å². The third kappa shape index (κ3) is 4.56. The molecule has 10 aromatic carbocycles. The molecule has 1 aromatic heterocycles. The fourth-order valence-electron chi connectivity index (χ4n) is 12.3.